The molecule has 0 saturated heterocycles. The highest BCUT2D eigenvalue weighted by Gasteiger charge is 2.04. The highest BCUT2D eigenvalue weighted by Crippen LogP contribution is 2.24. The highest BCUT2D eigenvalue weighted by molar-refractivity contribution is 6.30. The van der Waals surface area contributed by atoms with Gasteiger partial charge in [0, 0.05) is 6.07 Å². The summed E-state index contributed by atoms with van der Waals surface area (Å²) in [5, 5.41) is 0.0902. The molecule has 13 heavy (non-hydrogen) atoms. The summed E-state index contributed by atoms with van der Waals surface area (Å²) in [4.78, 5) is 0. The van der Waals surface area contributed by atoms with E-state index in [9.17, 15) is 4.39 Å². The predicted molar refractivity (Wildman–Crippen MR) is 54.0 cm³/mol. The topological polar surface area (TPSA) is 9.23 Å². The summed E-state index contributed by atoms with van der Waals surface area (Å²) >= 11 is 5.51. The first-order chi connectivity index (χ1) is 6.15. The number of hydrogen-bond donors (Lipinski definition) is 0. The zero-order valence-corrected chi connectivity index (χ0v) is 9.07. The van der Waals surface area contributed by atoms with Gasteiger partial charge in [0.15, 0.2) is 0 Å². The molecule has 0 bridgehead atoms. The van der Waals surface area contributed by atoms with Gasteiger partial charge in [-0.05, 0) is 18.6 Å². The maximum absolute atomic E-state index is 12.7. The minimum atomic E-state index is -0.412. The van der Waals surface area contributed by atoms with Crippen LogP contribution in [0, 0.1) is 12.7 Å². The van der Waals surface area contributed by atoms with E-state index in [1.54, 1.807) is 6.92 Å². The second-order valence-corrected chi connectivity index (χ2v) is 2.64. The summed E-state index contributed by atoms with van der Waals surface area (Å²) in [5.41, 5.74) is 0.745. The predicted octanol–water partition coefficient (Wildman–Crippen LogP) is 3.82. The van der Waals surface area contributed by atoms with Gasteiger partial charge >= 0.3 is 0 Å². The standard InChI is InChI=1S/C8H8ClFO.C2H6/c1-5-3-7(10)6(9)4-8(5)11-2;1-2/h3-4H,1-2H3;1-2H3. The summed E-state index contributed by atoms with van der Waals surface area (Å²) in [7, 11) is 1.52. The van der Waals surface area contributed by atoms with Crippen LogP contribution in [0.25, 0.3) is 0 Å². The third kappa shape index (κ3) is 3.23. The molecule has 0 N–H and O–H groups in total. The lowest BCUT2D eigenvalue weighted by atomic mass is 10.2. The second kappa shape index (κ2) is 5.81. The average molecular weight is 205 g/mol. The van der Waals surface area contributed by atoms with Crippen molar-refractivity contribution in [2.75, 3.05) is 7.11 Å². The van der Waals surface area contributed by atoms with Crippen molar-refractivity contribution in [1.82, 2.24) is 0 Å². The van der Waals surface area contributed by atoms with Crippen LogP contribution in [-0.4, -0.2) is 7.11 Å². The van der Waals surface area contributed by atoms with E-state index in [1.807, 2.05) is 13.8 Å². The van der Waals surface area contributed by atoms with Crippen LogP contribution in [0.3, 0.4) is 0 Å². The van der Waals surface area contributed by atoms with Crippen molar-refractivity contribution in [1.29, 1.82) is 0 Å². The zero-order chi connectivity index (χ0) is 10.4. The number of benzene rings is 1. The van der Waals surface area contributed by atoms with E-state index in [1.165, 1.54) is 19.2 Å². The molecule has 0 radical (unpaired) electrons. The van der Waals surface area contributed by atoms with Gasteiger partial charge in [0.05, 0.1) is 12.1 Å². The van der Waals surface area contributed by atoms with Crippen LogP contribution >= 0.6 is 11.6 Å². The first-order valence-corrected chi connectivity index (χ1v) is 4.52. The van der Waals surface area contributed by atoms with E-state index in [-0.39, 0.29) is 5.02 Å². The Morgan fingerprint density at radius 1 is 1.31 bits per heavy atom. The quantitative estimate of drug-likeness (QED) is 0.676. The van der Waals surface area contributed by atoms with E-state index < -0.39 is 5.82 Å². The van der Waals surface area contributed by atoms with Crippen LogP contribution in [0.1, 0.15) is 19.4 Å². The summed E-state index contributed by atoms with van der Waals surface area (Å²) < 4.78 is 17.6. The lowest BCUT2D eigenvalue weighted by Gasteiger charge is -2.04. The van der Waals surface area contributed by atoms with Crippen LogP contribution in [0.4, 0.5) is 4.39 Å². The third-order valence-electron chi connectivity index (χ3n) is 1.44. The third-order valence-corrected chi connectivity index (χ3v) is 1.73. The molecule has 1 aromatic rings. The molecule has 0 spiro atoms. The molecule has 0 amide bonds. The molecule has 0 heterocycles. The summed E-state index contributed by atoms with van der Waals surface area (Å²) in [6.45, 7) is 5.76. The molecule has 0 aliphatic carbocycles. The molecule has 0 unspecified atom stereocenters. The minimum Gasteiger partial charge on any atom is -0.496 e. The molecule has 1 aromatic carbocycles. The minimum absolute atomic E-state index is 0.0902. The van der Waals surface area contributed by atoms with Gasteiger partial charge in [-0.1, -0.05) is 25.4 Å². The second-order valence-electron chi connectivity index (χ2n) is 2.24. The molecule has 0 aliphatic heterocycles. The van der Waals surface area contributed by atoms with E-state index in [0.29, 0.717) is 5.75 Å². The molecule has 1 nitrogen and oxygen atoms in total. The maximum Gasteiger partial charge on any atom is 0.142 e. The molecule has 0 aliphatic rings. The van der Waals surface area contributed by atoms with Gasteiger partial charge in [0.25, 0.3) is 0 Å². The molecule has 0 atom stereocenters. The largest absolute Gasteiger partial charge is 0.496 e. The molecule has 0 saturated carbocycles. The van der Waals surface area contributed by atoms with Crippen molar-refractivity contribution in [3.05, 3.63) is 28.5 Å². The molecular weight excluding hydrogens is 191 g/mol. The smallest absolute Gasteiger partial charge is 0.142 e. The van der Waals surface area contributed by atoms with E-state index in [0.717, 1.165) is 5.56 Å². The highest BCUT2D eigenvalue weighted by atomic mass is 35.5. The Bertz CT molecular complexity index is 274. The van der Waals surface area contributed by atoms with Crippen molar-refractivity contribution >= 4 is 11.6 Å². The number of methoxy groups -OCH3 is 1. The van der Waals surface area contributed by atoms with Gasteiger partial charge < -0.3 is 4.74 Å². The first kappa shape index (κ1) is 12.2. The van der Waals surface area contributed by atoms with Crippen LogP contribution < -0.4 is 4.74 Å². The molecule has 1 rings (SSSR count). The number of hydrogen-bond acceptors (Lipinski definition) is 1. The van der Waals surface area contributed by atoms with E-state index in [2.05, 4.69) is 0 Å². The zero-order valence-electron chi connectivity index (χ0n) is 8.32. The van der Waals surface area contributed by atoms with Gasteiger partial charge in [-0.2, -0.15) is 0 Å². The molecule has 0 aromatic heterocycles. The monoisotopic (exact) mass is 204 g/mol. The average Bonchev–Trinajstić information content (AvgIpc) is 2.15. The lowest BCUT2D eigenvalue weighted by molar-refractivity contribution is 0.410. The van der Waals surface area contributed by atoms with E-state index in [4.69, 9.17) is 16.3 Å². The fourth-order valence-corrected chi connectivity index (χ4v) is 1.00. The fourth-order valence-electron chi connectivity index (χ4n) is 0.848. The van der Waals surface area contributed by atoms with Crippen molar-refractivity contribution in [2.45, 2.75) is 20.8 Å². The van der Waals surface area contributed by atoms with Gasteiger partial charge in [-0.25, -0.2) is 4.39 Å². The first-order valence-electron chi connectivity index (χ1n) is 4.15. The Balaban J connectivity index is 0.000000671. The van der Waals surface area contributed by atoms with Crippen molar-refractivity contribution in [3.63, 3.8) is 0 Å². The molecule has 0 fully saturated rings. The lowest BCUT2D eigenvalue weighted by Crippen LogP contribution is -1.88. The molecular formula is C10H14ClFO. The normalized spacial score (nSPS) is 8.77. The van der Waals surface area contributed by atoms with Crippen LogP contribution in [-0.2, 0) is 0 Å². The summed E-state index contributed by atoms with van der Waals surface area (Å²) in [6.07, 6.45) is 0. The Morgan fingerprint density at radius 2 is 1.85 bits per heavy atom. The van der Waals surface area contributed by atoms with E-state index >= 15 is 0 Å². The number of aryl methyl sites for hydroxylation is 1. The van der Waals surface area contributed by atoms with Crippen LogP contribution in [0.15, 0.2) is 12.1 Å². The maximum atomic E-state index is 12.7. The number of rotatable bonds is 1. The van der Waals surface area contributed by atoms with Crippen molar-refractivity contribution in [3.8, 4) is 5.75 Å². The van der Waals surface area contributed by atoms with Crippen LogP contribution in [0.5, 0.6) is 5.75 Å². The molecule has 74 valence electrons. The van der Waals surface area contributed by atoms with Gasteiger partial charge in [0.2, 0.25) is 0 Å². The number of ether oxygens (including phenoxy) is 1. The van der Waals surface area contributed by atoms with Gasteiger partial charge in [-0.3, -0.25) is 0 Å². The number of halogens is 2. The fraction of sp³-hybridized carbons (Fsp3) is 0.400. The van der Waals surface area contributed by atoms with Crippen molar-refractivity contribution < 1.29 is 9.13 Å². The summed E-state index contributed by atoms with van der Waals surface area (Å²) in [6, 6.07) is 2.81. The van der Waals surface area contributed by atoms with Crippen molar-refractivity contribution in [2.24, 2.45) is 0 Å². The Hall–Kier alpha value is -0.760. The van der Waals surface area contributed by atoms with Gasteiger partial charge in [-0.15, -0.1) is 0 Å². The Kier molecular flexibility index (Phi) is 5.47. The SMILES string of the molecule is CC.COc1cc(Cl)c(F)cc1C. The Labute approximate surface area is 83.5 Å². The molecule has 3 heteroatoms. The van der Waals surface area contributed by atoms with Crippen LogP contribution in [0.2, 0.25) is 5.02 Å². The summed E-state index contributed by atoms with van der Waals surface area (Å²) in [5.74, 6) is 0.196. The Morgan fingerprint density at radius 3 is 2.31 bits per heavy atom. The van der Waals surface area contributed by atoms with Gasteiger partial charge in [0.1, 0.15) is 11.6 Å².